The summed E-state index contributed by atoms with van der Waals surface area (Å²) in [6.45, 7) is 7.22. The lowest BCUT2D eigenvalue weighted by atomic mass is 9.97. The van der Waals surface area contributed by atoms with Gasteiger partial charge in [0.05, 0.1) is 10.7 Å². The van der Waals surface area contributed by atoms with E-state index in [1.807, 2.05) is 12.1 Å². The summed E-state index contributed by atoms with van der Waals surface area (Å²) in [6, 6.07) is 3.98. The Bertz CT molecular complexity index is 444. The minimum atomic E-state index is 0.727. The molecule has 1 aromatic heterocycles. The van der Waals surface area contributed by atoms with E-state index in [2.05, 4.69) is 36.1 Å². The van der Waals surface area contributed by atoms with Crippen molar-refractivity contribution in [1.29, 1.82) is 0 Å². The van der Waals surface area contributed by atoms with Crippen molar-refractivity contribution in [2.45, 2.75) is 26.3 Å². The Hall–Kier alpha value is -0.840. The summed E-state index contributed by atoms with van der Waals surface area (Å²) < 4.78 is 0. The number of pyridine rings is 1. The van der Waals surface area contributed by atoms with Crippen LogP contribution in [0, 0.1) is 5.92 Å². The molecule has 0 aliphatic carbocycles. The van der Waals surface area contributed by atoms with Crippen LogP contribution in [0.5, 0.6) is 0 Å². The van der Waals surface area contributed by atoms with Crippen LogP contribution in [-0.2, 0) is 6.54 Å². The van der Waals surface area contributed by atoms with E-state index in [9.17, 15) is 0 Å². The number of hydrogen-bond acceptors (Lipinski definition) is 4. The molecule has 0 radical (unpaired) electrons. The van der Waals surface area contributed by atoms with E-state index in [4.69, 9.17) is 16.6 Å². The van der Waals surface area contributed by atoms with E-state index in [0.717, 1.165) is 42.1 Å². The summed E-state index contributed by atoms with van der Waals surface area (Å²) in [5, 5.41) is 4.03. The van der Waals surface area contributed by atoms with E-state index < -0.39 is 0 Å². The minimum absolute atomic E-state index is 0.727. The highest BCUT2D eigenvalue weighted by molar-refractivity contribution is 6.31. The van der Waals surface area contributed by atoms with Gasteiger partial charge in [0, 0.05) is 20.1 Å². The quantitative estimate of drug-likeness (QED) is 0.875. The zero-order valence-electron chi connectivity index (χ0n) is 13.4. The van der Waals surface area contributed by atoms with Crippen LogP contribution in [0.25, 0.3) is 0 Å². The Kier molecular flexibility index (Phi) is 6.27. The fraction of sp³-hybridized carbons (Fsp3) is 0.688. The van der Waals surface area contributed by atoms with Crippen molar-refractivity contribution in [2.24, 2.45) is 5.92 Å². The Morgan fingerprint density at radius 3 is 2.76 bits per heavy atom. The molecule has 1 aromatic rings. The third-order valence-electron chi connectivity index (χ3n) is 4.21. The van der Waals surface area contributed by atoms with Crippen LogP contribution < -0.4 is 10.2 Å². The van der Waals surface area contributed by atoms with Crippen LogP contribution >= 0.6 is 11.6 Å². The molecule has 1 saturated heterocycles. The molecule has 0 atom stereocenters. The normalized spacial score (nSPS) is 17.1. The Balaban J connectivity index is 1.96. The van der Waals surface area contributed by atoms with E-state index in [1.165, 1.54) is 25.9 Å². The summed E-state index contributed by atoms with van der Waals surface area (Å²) in [5.74, 6) is 1.78. The Morgan fingerprint density at radius 1 is 1.38 bits per heavy atom. The maximum absolute atomic E-state index is 6.22. The van der Waals surface area contributed by atoms with E-state index >= 15 is 0 Å². The molecule has 4 nitrogen and oxygen atoms in total. The molecule has 1 fully saturated rings. The van der Waals surface area contributed by atoms with Gasteiger partial charge in [0.1, 0.15) is 5.82 Å². The molecule has 0 saturated carbocycles. The van der Waals surface area contributed by atoms with Gasteiger partial charge in [0.25, 0.3) is 0 Å². The fourth-order valence-electron chi connectivity index (χ4n) is 2.78. The number of hydrogen-bond donors (Lipinski definition) is 1. The van der Waals surface area contributed by atoms with Crippen LogP contribution in [0.4, 0.5) is 5.82 Å². The van der Waals surface area contributed by atoms with Crippen molar-refractivity contribution in [3.05, 3.63) is 22.8 Å². The van der Waals surface area contributed by atoms with Gasteiger partial charge >= 0.3 is 0 Å². The summed E-state index contributed by atoms with van der Waals surface area (Å²) >= 11 is 6.22. The van der Waals surface area contributed by atoms with E-state index in [1.54, 1.807) is 0 Å². The Labute approximate surface area is 133 Å². The number of piperidine rings is 1. The predicted octanol–water partition coefficient (Wildman–Crippen LogP) is 2.62. The highest BCUT2D eigenvalue weighted by atomic mass is 35.5. The number of likely N-dealkylation sites (tertiary alicyclic amines) is 1. The molecule has 118 valence electrons. The molecule has 21 heavy (non-hydrogen) atoms. The van der Waals surface area contributed by atoms with Gasteiger partial charge in [-0.1, -0.05) is 18.5 Å². The van der Waals surface area contributed by atoms with Crippen molar-refractivity contribution >= 4 is 17.4 Å². The molecular weight excluding hydrogens is 284 g/mol. The van der Waals surface area contributed by atoms with Crippen molar-refractivity contribution in [3.8, 4) is 0 Å². The lowest BCUT2D eigenvalue weighted by Crippen LogP contribution is -2.36. The molecular formula is C16H27ClN4. The summed E-state index contributed by atoms with van der Waals surface area (Å²) in [6.07, 6.45) is 2.55. The highest BCUT2D eigenvalue weighted by Gasteiger charge is 2.19. The number of aromatic nitrogens is 1. The van der Waals surface area contributed by atoms with Gasteiger partial charge in [-0.25, -0.2) is 4.98 Å². The molecule has 0 unspecified atom stereocenters. The van der Waals surface area contributed by atoms with Crippen molar-refractivity contribution in [1.82, 2.24) is 15.2 Å². The molecule has 1 N–H and O–H groups in total. The number of halogens is 1. The predicted molar refractivity (Wildman–Crippen MR) is 90.1 cm³/mol. The maximum atomic E-state index is 6.22. The van der Waals surface area contributed by atoms with Gasteiger partial charge in [-0.2, -0.15) is 0 Å². The number of rotatable bonds is 6. The minimum Gasteiger partial charge on any atom is -0.359 e. The number of nitrogens with one attached hydrogen (secondary N) is 1. The second-order valence-corrected chi connectivity index (χ2v) is 6.41. The molecule has 2 heterocycles. The molecule has 0 bridgehead atoms. The topological polar surface area (TPSA) is 31.4 Å². The zero-order chi connectivity index (χ0) is 15.2. The zero-order valence-corrected chi connectivity index (χ0v) is 14.2. The third kappa shape index (κ3) is 4.83. The maximum Gasteiger partial charge on any atom is 0.128 e. The van der Waals surface area contributed by atoms with Gasteiger partial charge < -0.3 is 15.1 Å². The first-order valence-electron chi connectivity index (χ1n) is 7.86. The Morgan fingerprint density at radius 2 is 2.10 bits per heavy atom. The SMILES string of the molecule is CCNCc1nc(N(C)CC2CCN(C)CC2)ccc1Cl. The van der Waals surface area contributed by atoms with Crippen LogP contribution in [-0.4, -0.2) is 50.2 Å². The fourth-order valence-corrected chi connectivity index (χ4v) is 2.95. The molecule has 1 aliphatic heterocycles. The van der Waals surface area contributed by atoms with E-state index in [-0.39, 0.29) is 0 Å². The molecule has 1 aliphatic rings. The lowest BCUT2D eigenvalue weighted by molar-refractivity contribution is 0.222. The highest BCUT2D eigenvalue weighted by Crippen LogP contribution is 2.22. The average molecular weight is 311 g/mol. The summed E-state index contributed by atoms with van der Waals surface area (Å²) in [7, 11) is 4.33. The van der Waals surface area contributed by atoms with Gasteiger partial charge in [-0.15, -0.1) is 0 Å². The van der Waals surface area contributed by atoms with E-state index in [0.29, 0.717) is 0 Å². The first kappa shape index (κ1) is 16.5. The second kappa shape index (κ2) is 7.97. The van der Waals surface area contributed by atoms with Gasteiger partial charge in [0.2, 0.25) is 0 Å². The monoisotopic (exact) mass is 310 g/mol. The average Bonchev–Trinajstić information content (AvgIpc) is 2.48. The van der Waals surface area contributed by atoms with Gasteiger partial charge in [-0.05, 0) is 57.6 Å². The van der Waals surface area contributed by atoms with Crippen LogP contribution in [0.2, 0.25) is 5.02 Å². The van der Waals surface area contributed by atoms with Crippen LogP contribution in [0.15, 0.2) is 12.1 Å². The molecule has 2 rings (SSSR count). The van der Waals surface area contributed by atoms with Crippen LogP contribution in [0.1, 0.15) is 25.5 Å². The second-order valence-electron chi connectivity index (χ2n) is 6.01. The van der Waals surface area contributed by atoms with Crippen LogP contribution in [0.3, 0.4) is 0 Å². The summed E-state index contributed by atoms with van der Waals surface area (Å²) in [4.78, 5) is 9.39. The molecule has 0 aromatic carbocycles. The number of nitrogens with zero attached hydrogens (tertiary/aromatic N) is 3. The van der Waals surface area contributed by atoms with Crippen molar-refractivity contribution in [3.63, 3.8) is 0 Å². The molecule has 5 heteroatoms. The molecule has 0 amide bonds. The standard InChI is InChI=1S/C16H27ClN4/c1-4-18-11-15-14(17)5-6-16(19-15)21(3)12-13-7-9-20(2)10-8-13/h5-6,13,18H,4,7-12H2,1-3H3. The first-order chi connectivity index (χ1) is 10.1. The molecule has 0 spiro atoms. The largest absolute Gasteiger partial charge is 0.359 e. The van der Waals surface area contributed by atoms with Crippen molar-refractivity contribution < 1.29 is 0 Å². The lowest BCUT2D eigenvalue weighted by Gasteiger charge is -2.32. The van der Waals surface area contributed by atoms with Gasteiger partial charge in [0.15, 0.2) is 0 Å². The smallest absolute Gasteiger partial charge is 0.128 e. The first-order valence-corrected chi connectivity index (χ1v) is 8.23. The summed E-state index contributed by atoms with van der Waals surface area (Å²) in [5.41, 5.74) is 0.936. The van der Waals surface area contributed by atoms with Crippen molar-refractivity contribution in [2.75, 3.05) is 45.2 Å². The number of anilines is 1. The third-order valence-corrected chi connectivity index (χ3v) is 4.55. The van der Waals surface area contributed by atoms with Gasteiger partial charge in [-0.3, -0.25) is 0 Å².